The van der Waals surface area contributed by atoms with Crippen molar-refractivity contribution in [3.8, 4) is 0 Å². The first-order valence-electron chi connectivity index (χ1n) is 7.42. The molecule has 2 aromatic rings. The summed E-state index contributed by atoms with van der Waals surface area (Å²) in [4.78, 5) is 2.29. The summed E-state index contributed by atoms with van der Waals surface area (Å²) in [6, 6.07) is 9.37. The molecule has 1 aromatic carbocycles. The minimum absolute atomic E-state index is 0.129. The van der Waals surface area contributed by atoms with Crippen LogP contribution in [0.4, 0.5) is 11.6 Å². The van der Waals surface area contributed by atoms with E-state index in [0.717, 1.165) is 31.7 Å². The van der Waals surface area contributed by atoms with Crippen molar-refractivity contribution in [1.82, 2.24) is 10.2 Å². The van der Waals surface area contributed by atoms with Gasteiger partial charge in [-0.25, -0.2) is 8.42 Å². The van der Waals surface area contributed by atoms with Crippen LogP contribution in [0.5, 0.6) is 0 Å². The summed E-state index contributed by atoms with van der Waals surface area (Å²) in [5, 5.41) is 8.58. The first kappa shape index (κ1) is 16.0. The number of halogens is 1. The molecule has 1 aliphatic rings. The van der Waals surface area contributed by atoms with E-state index in [1.807, 2.05) is 0 Å². The van der Waals surface area contributed by atoms with Gasteiger partial charge in [0.2, 0.25) is 0 Å². The Morgan fingerprint density at radius 2 is 1.65 bits per heavy atom. The van der Waals surface area contributed by atoms with E-state index in [2.05, 4.69) is 19.8 Å². The molecule has 0 amide bonds. The molecule has 122 valence electrons. The maximum atomic E-state index is 12.3. The highest BCUT2D eigenvalue weighted by Crippen LogP contribution is 2.20. The van der Waals surface area contributed by atoms with Gasteiger partial charge in [0, 0.05) is 18.1 Å². The molecule has 2 heterocycles. The number of aromatic nitrogens is 2. The molecule has 1 N–H and O–H groups in total. The lowest BCUT2D eigenvalue weighted by molar-refractivity contribution is 0.571. The van der Waals surface area contributed by atoms with Gasteiger partial charge in [0.15, 0.2) is 11.6 Å². The molecule has 1 saturated heterocycles. The third-order valence-corrected chi connectivity index (χ3v) is 5.32. The average Bonchev–Trinajstić information content (AvgIpc) is 2.56. The molecule has 1 aliphatic heterocycles. The van der Waals surface area contributed by atoms with Gasteiger partial charge >= 0.3 is 0 Å². The van der Waals surface area contributed by atoms with Crippen LogP contribution < -0.4 is 9.62 Å². The number of nitrogens with one attached hydrogen (secondary N) is 1. The summed E-state index contributed by atoms with van der Waals surface area (Å²) >= 11 is 5.77. The third-order valence-electron chi connectivity index (χ3n) is 3.69. The van der Waals surface area contributed by atoms with Gasteiger partial charge in [-0.05, 0) is 55.7 Å². The Bertz CT molecular complexity index is 757. The number of nitrogens with zero attached hydrogens (tertiary/aromatic N) is 3. The maximum Gasteiger partial charge on any atom is 0.263 e. The van der Waals surface area contributed by atoms with Crippen LogP contribution in [-0.4, -0.2) is 31.7 Å². The van der Waals surface area contributed by atoms with Crippen LogP contribution in [0.3, 0.4) is 0 Å². The fraction of sp³-hybridized carbons (Fsp3) is 0.333. The zero-order chi connectivity index (χ0) is 16.3. The Balaban J connectivity index is 1.73. The minimum atomic E-state index is -3.69. The van der Waals surface area contributed by atoms with Gasteiger partial charge in [0.25, 0.3) is 10.0 Å². The molecule has 0 unspecified atom stereocenters. The highest BCUT2D eigenvalue weighted by Gasteiger charge is 2.16. The molecule has 0 saturated carbocycles. The van der Waals surface area contributed by atoms with Crippen molar-refractivity contribution in [3.63, 3.8) is 0 Å². The van der Waals surface area contributed by atoms with Crippen LogP contribution in [0.15, 0.2) is 41.3 Å². The predicted octanol–water partition coefficient (Wildman–Crippen LogP) is 2.92. The highest BCUT2D eigenvalue weighted by molar-refractivity contribution is 7.92. The van der Waals surface area contributed by atoms with E-state index in [1.165, 1.54) is 30.7 Å². The topological polar surface area (TPSA) is 75.2 Å². The lowest BCUT2D eigenvalue weighted by atomic mass is 10.1. The summed E-state index contributed by atoms with van der Waals surface area (Å²) in [5.41, 5.74) is 0. The maximum absolute atomic E-state index is 12.3. The van der Waals surface area contributed by atoms with Crippen molar-refractivity contribution in [3.05, 3.63) is 41.4 Å². The molecule has 0 radical (unpaired) electrons. The van der Waals surface area contributed by atoms with E-state index in [-0.39, 0.29) is 10.7 Å². The van der Waals surface area contributed by atoms with Gasteiger partial charge in [-0.15, -0.1) is 10.2 Å². The molecular weight excluding hydrogens is 336 g/mol. The summed E-state index contributed by atoms with van der Waals surface area (Å²) in [7, 11) is -3.69. The quantitative estimate of drug-likeness (QED) is 0.915. The normalized spacial score (nSPS) is 15.4. The van der Waals surface area contributed by atoms with E-state index < -0.39 is 10.0 Å². The molecule has 0 aliphatic carbocycles. The molecule has 1 fully saturated rings. The van der Waals surface area contributed by atoms with Crippen LogP contribution in [0.2, 0.25) is 5.02 Å². The number of anilines is 2. The molecule has 0 atom stereocenters. The second-order valence-corrected chi connectivity index (χ2v) is 7.50. The summed E-state index contributed by atoms with van der Waals surface area (Å²) in [6.07, 6.45) is 3.53. The molecule has 0 spiro atoms. The summed E-state index contributed by atoms with van der Waals surface area (Å²) in [6.45, 7) is 1.93. The van der Waals surface area contributed by atoms with Crippen LogP contribution >= 0.6 is 11.6 Å². The van der Waals surface area contributed by atoms with Crippen molar-refractivity contribution in [1.29, 1.82) is 0 Å². The van der Waals surface area contributed by atoms with Gasteiger partial charge in [-0.1, -0.05) is 11.6 Å². The third kappa shape index (κ3) is 3.92. The fourth-order valence-electron chi connectivity index (χ4n) is 2.48. The van der Waals surface area contributed by atoms with Gasteiger partial charge in [-0.3, -0.25) is 4.72 Å². The van der Waals surface area contributed by atoms with Gasteiger partial charge in [-0.2, -0.15) is 0 Å². The largest absolute Gasteiger partial charge is 0.355 e. The number of rotatable bonds is 4. The Labute approximate surface area is 140 Å². The van der Waals surface area contributed by atoms with Gasteiger partial charge in [0.1, 0.15) is 0 Å². The molecule has 1 aromatic heterocycles. The fourth-order valence-corrected chi connectivity index (χ4v) is 3.60. The SMILES string of the molecule is O=S(=O)(Nc1ccc(N2CCCCC2)nn1)c1ccc(Cl)cc1. The lowest BCUT2D eigenvalue weighted by Crippen LogP contribution is -2.30. The predicted molar refractivity (Wildman–Crippen MR) is 90.4 cm³/mol. The van der Waals surface area contributed by atoms with Crippen molar-refractivity contribution in [2.45, 2.75) is 24.2 Å². The van der Waals surface area contributed by atoms with E-state index in [4.69, 9.17) is 11.6 Å². The monoisotopic (exact) mass is 352 g/mol. The first-order chi connectivity index (χ1) is 11.0. The Kier molecular flexibility index (Phi) is 4.68. The van der Waals surface area contributed by atoms with Gasteiger partial charge in [0.05, 0.1) is 4.90 Å². The van der Waals surface area contributed by atoms with E-state index >= 15 is 0 Å². The molecule has 3 rings (SSSR count). The Hall–Kier alpha value is -1.86. The second kappa shape index (κ2) is 6.72. The van der Waals surface area contributed by atoms with Crippen molar-refractivity contribution in [2.75, 3.05) is 22.7 Å². The number of benzene rings is 1. The zero-order valence-electron chi connectivity index (χ0n) is 12.4. The molecule has 6 nitrogen and oxygen atoms in total. The number of sulfonamides is 1. The first-order valence-corrected chi connectivity index (χ1v) is 9.28. The number of piperidine rings is 1. The van der Waals surface area contributed by atoms with Crippen LogP contribution in [-0.2, 0) is 10.0 Å². The second-order valence-electron chi connectivity index (χ2n) is 5.38. The standard InChI is InChI=1S/C15H17ClN4O2S/c16-12-4-6-13(7-5-12)23(21,22)19-14-8-9-15(18-17-14)20-10-2-1-3-11-20/h4-9H,1-3,10-11H2,(H,17,19). The highest BCUT2D eigenvalue weighted by atomic mass is 35.5. The zero-order valence-corrected chi connectivity index (χ0v) is 14.0. The van der Waals surface area contributed by atoms with Crippen molar-refractivity contribution in [2.24, 2.45) is 0 Å². The van der Waals surface area contributed by atoms with E-state index in [9.17, 15) is 8.42 Å². The molecule has 8 heteroatoms. The van der Waals surface area contributed by atoms with Gasteiger partial charge < -0.3 is 4.90 Å². The van der Waals surface area contributed by atoms with Crippen LogP contribution in [0, 0.1) is 0 Å². The van der Waals surface area contributed by atoms with Crippen LogP contribution in [0.1, 0.15) is 19.3 Å². The van der Waals surface area contributed by atoms with Crippen molar-refractivity contribution < 1.29 is 8.42 Å². The van der Waals surface area contributed by atoms with Crippen LogP contribution in [0.25, 0.3) is 0 Å². The minimum Gasteiger partial charge on any atom is -0.355 e. The molecule has 0 bridgehead atoms. The number of hydrogen-bond acceptors (Lipinski definition) is 5. The Morgan fingerprint density at radius 1 is 0.957 bits per heavy atom. The Morgan fingerprint density at radius 3 is 2.26 bits per heavy atom. The van der Waals surface area contributed by atoms with E-state index in [0.29, 0.717) is 5.02 Å². The number of hydrogen-bond donors (Lipinski definition) is 1. The van der Waals surface area contributed by atoms with Crippen molar-refractivity contribution >= 4 is 33.3 Å². The van der Waals surface area contributed by atoms with E-state index in [1.54, 1.807) is 12.1 Å². The lowest BCUT2D eigenvalue weighted by Gasteiger charge is -2.27. The smallest absolute Gasteiger partial charge is 0.263 e. The molecule has 23 heavy (non-hydrogen) atoms. The average molecular weight is 353 g/mol. The summed E-state index contributed by atoms with van der Waals surface area (Å²) < 4.78 is 27.0. The molecular formula is C15H17ClN4O2S. The summed E-state index contributed by atoms with van der Waals surface area (Å²) in [5.74, 6) is 0.972.